The molecule has 1 rings (SSSR count). The average Bonchev–Trinajstić information content (AvgIpc) is 2.59. The molecule has 20 heavy (non-hydrogen) atoms. The molecular weight excluding hydrogens is 244 g/mol. The zero-order valence-corrected chi connectivity index (χ0v) is 14.8. The van der Waals surface area contributed by atoms with Crippen molar-refractivity contribution in [1.82, 2.24) is 10.2 Å². The Balaban J connectivity index is 2.53. The van der Waals surface area contributed by atoms with Crippen LogP contribution in [0.4, 0.5) is 0 Å². The Kier molecular flexibility index (Phi) is 7.53. The predicted molar refractivity (Wildman–Crippen MR) is 90.2 cm³/mol. The van der Waals surface area contributed by atoms with E-state index >= 15 is 0 Å². The van der Waals surface area contributed by atoms with E-state index in [1.807, 2.05) is 0 Å². The fraction of sp³-hybridized carbons (Fsp3) is 1.00. The molecule has 0 saturated carbocycles. The summed E-state index contributed by atoms with van der Waals surface area (Å²) in [6.45, 7) is 17.7. The van der Waals surface area contributed by atoms with E-state index < -0.39 is 0 Å². The lowest BCUT2D eigenvalue weighted by Gasteiger charge is -2.33. The molecule has 2 atom stereocenters. The summed E-state index contributed by atoms with van der Waals surface area (Å²) in [7, 11) is 0. The van der Waals surface area contributed by atoms with Gasteiger partial charge in [0.2, 0.25) is 0 Å². The van der Waals surface area contributed by atoms with Crippen LogP contribution in [0.1, 0.15) is 73.6 Å². The molecule has 0 amide bonds. The SMILES string of the molecule is CCCC(CNC(C)(C)C)N1CCCC(C(C)C)CC1. The average molecular weight is 283 g/mol. The van der Waals surface area contributed by atoms with Gasteiger partial charge in [-0.15, -0.1) is 0 Å². The summed E-state index contributed by atoms with van der Waals surface area (Å²) in [6, 6.07) is 0.727. The van der Waals surface area contributed by atoms with E-state index in [4.69, 9.17) is 0 Å². The van der Waals surface area contributed by atoms with E-state index in [1.165, 1.54) is 45.2 Å². The van der Waals surface area contributed by atoms with E-state index in [0.29, 0.717) is 0 Å². The van der Waals surface area contributed by atoms with Crippen molar-refractivity contribution in [3.8, 4) is 0 Å². The third-order valence-electron chi connectivity index (χ3n) is 4.76. The van der Waals surface area contributed by atoms with Gasteiger partial charge in [-0.1, -0.05) is 27.2 Å². The Morgan fingerprint density at radius 2 is 1.85 bits per heavy atom. The van der Waals surface area contributed by atoms with E-state index in [9.17, 15) is 0 Å². The van der Waals surface area contributed by atoms with Crippen molar-refractivity contribution in [2.75, 3.05) is 19.6 Å². The van der Waals surface area contributed by atoms with Crippen LogP contribution in [0.25, 0.3) is 0 Å². The van der Waals surface area contributed by atoms with Crippen LogP contribution >= 0.6 is 0 Å². The zero-order valence-electron chi connectivity index (χ0n) is 14.8. The summed E-state index contributed by atoms with van der Waals surface area (Å²) < 4.78 is 0. The molecule has 2 nitrogen and oxygen atoms in total. The number of likely N-dealkylation sites (tertiary alicyclic amines) is 1. The van der Waals surface area contributed by atoms with Crippen molar-refractivity contribution >= 4 is 0 Å². The van der Waals surface area contributed by atoms with Crippen LogP contribution in [-0.4, -0.2) is 36.1 Å². The van der Waals surface area contributed by atoms with Gasteiger partial charge >= 0.3 is 0 Å². The highest BCUT2D eigenvalue weighted by molar-refractivity contribution is 4.82. The molecule has 1 N–H and O–H groups in total. The van der Waals surface area contributed by atoms with E-state index in [0.717, 1.165) is 24.4 Å². The van der Waals surface area contributed by atoms with Gasteiger partial charge in [-0.3, -0.25) is 4.90 Å². The highest BCUT2D eigenvalue weighted by Crippen LogP contribution is 2.26. The maximum absolute atomic E-state index is 3.72. The molecule has 0 aromatic heterocycles. The molecule has 1 fully saturated rings. The molecule has 0 bridgehead atoms. The molecule has 0 aromatic carbocycles. The van der Waals surface area contributed by atoms with Crippen LogP contribution in [0, 0.1) is 11.8 Å². The summed E-state index contributed by atoms with van der Waals surface area (Å²) in [5.74, 6) is 1.80. The minimum absolute atomic E-state index is 0.234. The van der Waals surface area contributed by atoms with Crippen LogP contribution in [0.5, 0.6) is 0 Å². The van der Waals surface area contributed by atoms with Crippen LogP contribution in [-0.2, 0) is 0 Å². The first-order valence-corrected chi connectivity index (χ1v) is 8.82. The van der Waals surface area contributed by atoms with Crippen molar-refractivity contribution in [2.24, 2.45) is 11.8 Å². The van der Waals surface area contributed by atoms with Gasteiger partial charge in [-0.2, -0.15) is 0 Å². The minimum Gasteiger partial charge on any atom is -0.311 e. The van der Waals surface area contributed by atoms with Gasteiger partial charge in [-0.05, 0) is 71.4 Å². The minimum atomic E-state index is 0.234. The van der Waals surface area contributed by atoms with E-state index in [2.05, 4.69) is 51.8 Å². The van der Waals surface area contributed by atoms with Crippen molar-refractivity contribution in [3.05, 3.63) is 0 Å². The normalized spacial score (nSPS) is 23.9. The van der Waals surface area contributed by atoms with E-state index in [1.54, 1.807) is 0 Å². The highest BCUT2D eigenvalue weighted by atomic mass is 15.2. The van der Waals surface area contributed by atoms with E-state index in [-0.39, 0.29) is 5.54 Å². The Bertz CT molecular complexity index is 255. The van der Waals surface area contributed by atoms with Gasteiger partial charge in [0.25, 0.3) is 0 Å². The fourth-order valence-corrected chi connectivity index (χ4v) is 3.35. The lowest BCUT2D eigenvalue weighted by atomic mass is 9.89. The van der Waals surface area contributed by atoms with Crippen molar-refractivity contribution in [3.63, 3.8) is 0 Å². The second-order valence-electron chi connectivity index (χ2n) is 8.04. The topological polar surface area (TPSA) is 15.3 Å². The first-order chi connectivity index (χ1) is 9.33. The fourth-order valence-electron chi connectivity index (χ4n) is 3.35. The van der Waals surface area contributed by atoms with Crippen LogP contribution in [0.3, 0.4) is 0 Å². The Hall–Kier alpha value is -0.0800. The molecule has 2 heteroatoms. The lowest BCUT2D eigenvalue weighted by molar-refractivity contribution is 0.174. The molecule has 0 aromatic rings. The molecule has 0 radical (unpaired) electrons. The highest BCUT2D eigenvalue weighted by Gasteiger charge is 2.24. The third kappa shape index (κ3) is 6.58. The van der Waals surface area contributed by atoms with Crippen LogP contribution < -0.4 is 5.32 Å². The molecule has 0 aliphatic carbocycles. The van der Waals surface area contributed by atoms with Gasteiger partial charge in [0, 0.05) is 18.1 Å². The van der Waals surface area contributed by atoms with Gasteiger partial charge < -0.3 is 5.32 Å². The van der Waals surface area contributed by atoms with Crippen molar-refractivity contribution in [2.45, 2.75) is 85.2 Å². The number of nitrogens with zero attached hydrogens (tertiary/aromatic N) is 1. The standard InChI is InChI=1S/C18H38N2/c1-7-9-17(14-19-18(4,5)6)20-12-8-10-16(11-13-20)15(2)3/h15-17,19H,7-14H2,1-6H3. The first kappa shape index (κ1) is 18.0. The molecule has 120 valence electrons. The summed E-state index contributed by atoms with van der Waals surface area (Å²) in [5, 5.41) is 3.72. The second kappa shape index (κ2) is 8.38. The van der Waals surface area contributed by atoms with Gasteiger partial charge in [-0.25, -0.2) is 0 Å². The van der Waals surface area contributed by atoms with Gasteiger partial charge in [0.05, 0.1) is 0 Å². The molecular formula is C18H38N2. The number of nitrogens with one attached hydrogen (secondary N) is 1. The first-order valence-electron chi connectivity index (χ1n) is 8.82. The summed E-state index contributed by atoms with van der Waals surface area (Å²) in [5.41, 5.74) is 0.234. The molecule has 1 aliphatic rings. The van der Waals surface area contributed by atoms with Crippen molar-refractivity contribution in [1.29, 1.82) is 0 Å². The zero-order chi connectivity index (χ0) is 15.2. The number of hydrogen-bond acceptors (Lipinski definition) is 2. The van der Waals surface area contributed by atoms with Gasteiger partial charge in [0.15, 0.2) is 0 Å². The van der Waals surface area contributed by atoms with Crippen LogP contribution in [0.15, 0.2) is 0 Å². The molecule has 0 spiro atoms. The largest absolute Gasteiger partial charge is 0.311 e. The second-order valence-corrected chi connectivity index (χ2v) is 8.04. The monoisotopic (exact) mass is 282 g/mol. The molecule has 1 saturated heterocycles. The maximum atomic E-state index is 3.72. The van der Waals surface area contributed by atoms with Crippen molar-refractivity contribution < 1.29 is 0 Å². The summed E-state index contributed by atoms with van der Waals surface area (Å²) in [4.78, 5) is 2.77. The number of rotatable bonds is 6. The maximum Gasteiger partial charge on any atom is 0.0220 e. The third-order valence-corrected chi connectivity index (χ3v) is 4.76. The number of hydrogen-bond donors (Lipinski definition) is 1. The Morgan fingerprint density at radius 1 is 1.15 bits per heavy atom. The summed E-state index contributed by atoms with van der Waals surface area (Å²) >= 11 is 0. The summed E-state index contributed by atoms with van der Waals surface area (Å²) in [6.07, 6.45) is 6.84. The molecule has 2 unspecified atom stereocenters. The predicted octanol–water partition coefficient (Wildman–Crippen LogP) is 4.30. The molecule has 1 heterocycles. The lowest BCUT2D eigenvalue weighted by Crippen LogP contribution is -2.48. The Labute approximate surface area is 127 Å². The van der Waals surface area contributed by atoms with Crippen LogP contribution in [0.2, 0.25) is 0 Å². The Morgan fingerprint density at radius 3 is 2.40 bits per heavy atom. The van der Waals surface area contributed by atoms with Gasteiger partial charge in [0.1, 0.15) is 0 Å². The smallest absolute Gasteiger partial charge is 0.0220 e. The quantitative estimate of drug-likeness (QED) is 0.781. The molecule has 1 aliphatic heterocycles.